The Hall–Kier alpha value is -0.960. The summed E-state index contributed by atoms with van der Waals surface area (Å²) in [6.07, 6.45) is 2.21. The van der Waals surface area contributed by atoms with E-state index in [1.807, 2.05) is 6.92 Å². The Balaban J connectivity index is 2.28. The first kappa shape index (κ1) is 10.6. The number of benzene rings is 1. The van der Waals surface area contributed by atoms with Gasteiger partial charge in [0.15, 0.2) is 11.6 Å². The molecule has 0 aliphatic heterocycles. The van der Waals surface area contributed by atoms with Crippen molar-refractivity contribution in [1.82, 2.24) is 5.32 Å². The van der Waals surface area contributed by atoms with E-state index < -0.39 is 11.6 Å². The van der Waals surface area contributed by atoms with Crippen molar-refractivity contribution in [2.24, 2.45) is 5.92 Å². The second-order valence-corrected chi connectivity index (χ2v) is 4.02. The van der Waals surface area contributed by atoms with Crippen LogP contribution in [0.2, 0.25) is 0 Å². The summed E-state index contributed by atoms with van der Waals surface area (Å²) in [6, 6.07) is 4.38. The van der Waals surface area contributed by atoms with Gasteiger partial charge in [0.05, 0.1) is 0 Å². The molecule has 1 aliphatic carbocycles. The van der Waals surface area contributed by atoms with Crippen LogP contribution < -0.4 is 5.32 Å². The Morgan fingerprint density at radius 2 is 2.13 bits per heavy atom. The molecule has 82 valence electrons. The van der Waals surface area contributed by atoms with Gasteiger partial charge in [0.25, 0.3) is 0 Å². The quantitative estimate of drug-likeness (QED) is 0.807. The van der Waals surface area contributed by atoms with Gasteiger partial charge in [0.1, 0.15) is 0 Å². The van der Waals surface area contributed by atoms with Gasteiger partial charge in [-0.05, 0) is 31.4 Å². The second-order valence-electron chi connectivity index (χ2n) is 4.02. The van der Waals surface area contributed by atoms with E-state index in [0.29, 0.717) is 11.5 Å². The highest BCUT2D eigenvalue weighted by Gasteiger charge is 2.33. The van der Waals surface area contributed by atoms with Crippen LogP contribution in [-0.2, 0) is 0 Å². The summed E-state index contributed by atoms with van der Waals surface area (Å²) in [7, 11) is 0. The fourth-order valence-electron chi connectivity index (χ4n) is 1.94. The van der Waals surface area contributed by atoms with E-state index in [1.54, 1.807) is 12.1 Å². The maximum absolute atomic E-state index is 13.5. The van der Waals surface area contributed by atoms with Gasteiger partial charge in [-0.1, -0.05) is 19.1 Å². The molecule has 1 aromatic rings. The largest absolute Gasteiger partial charge is 0.310 e. The van der Waals surface area contributed by atoms with Crippen molar-refractivity contribution in [3.63, 3.8) is 0 Å². The molecule has 0 heterocycles. The predicted octanol–water partition coefficient (Wildman–Crippen LogP) is 3.03. The standard InChI is InChI=1S/C12H15F2N/c1-2-15-12(8-6-7-8)9-4-3-5-10(13)11(9)14/h3-5,8,12,15H,2,6-7H2,1H3. The van der Waals surface area contributed by atoms with Gasteiger partial charge in [-0.25, -0.2) is 8.78 Å². The minimum atomic E-state index is -0.754. The summed E-state index contributed by atoms with van der Waals surface area (Å²) >= 11 is 0. The summed E-state index contributed by atoms with van der Waals surface area (Å²) in [4.78, 5) is 0. The van der Waals surface area contributed by atoms with E-state index >= 15 is 0 Å². The van der Waals surface area contributed by atoms with Crippen LogP contribution in [0.5, 0.6) is 0 Å². The van der Waals surface area contributed by atoms with E-state index in [2.05, 4.69) is 5.32 Å². The molecule has 1 atom stereocenters. The van der Waals surface area contributed by atoms with Crippen LogP contribution in [-0.4, -0.2) is 6.54 Å². The monoisotopic (exact) mass is 211 g/mol. The van der Waals surface area contributed by atoms with Crippen LogP contribution in [0.25, 0.3) is 0 Å². The van der Waals surface area contributed by atoms with Crippen molar-refractivity contribution in [3.8, 4) is 0 Å². The van der Waals surface area contributed by atoms with Gasteiger partial charge in [-0.15, -0.1) is 0 Å². The highest BCUT2D eigenvalue weighted by Crippen LogP contribution is 2.41. The summed E-state index contributed by atoms with van der Waals surface area (Å²) < 4.78 is 26.6. The molecule has 0 spiro atoms. The molecule has 0 aromatic heterocycles. The number of nitrogens with one attached hydrogen (secondary N) is 1. The lowest BCUT2D eigenvalue weighted by molar-refractivity contribution is 0.442. The zero-order valence-corrected chi connectivity index (χ0v) is 8.76. The van der Waals surface area contributed by atoms with Gasteiger partial charge in [-0.3, -0.25) is 0 Å². The average molecular weight is 211 g/mol. The SMILES string of the molecule is CCNC(c1cccc(F)c1F)C1CC1. The van der Waals surface area contributed by atoms with Gasteiger partial charge in [0, 0.05) is 11.6 Å². The molecule has 1 nitrogen and oxygen atoms in total. The maximum Gasteiger partial charge on any atom is 0.163 e. The third-order valence-corrected chi connectivity index (χ3v) is 2.83. The van der Waals surface area contributed by atoms with Crippen LogP contribution in [0.4, 0.5) is 8.78 Å². The summed E-state index contributed by atoms with van der Waals surface area (Å²) in [5.41, 5.74) is 0.472. The van der Waals surface area contributed by atoms with Crippen molar-refractivity contribution in [1.29, 1.82) is 0 Å². The molecule has 0 radical (unpaired) electrons. The van der Waals surface area contributed by atoms with E-state index in [1.165, 1.54) is 0 Å². The zero-order valence-electron chi connectivity index (χ0n) is 8.76. The lowest BCUT2D eigenvalue weighted by Crippen LogP contribution is -2.23. The first-order chi connectivity index (χ1) is 7.24. The number of rotatable bonds is 4. The molecule has 0 bridgehead atoms. The van der Waals surface area contributed by atoms with Crippen molar-refractivity contribution < 1.29 is 8.78 Å². The topological polar surface area (TPSA) is 12.0 Å². The molecule has 1 fully saturated rings. The second kappa shape index (κ2) is 4.27. The van der Waals surface area contributed by atoms with Crippen LogP contribution in [0, 0.1) is 17.6 Å². The fourth-order valence-corrected chi connectivity index (χ4v) is 1.94. The molecular formula is C12H15F2N. The number of hydrogen-bond acceptors (Lipinski definition) is 1. The van der Waals surface area contributed by atoms with Gasteiger partial charge < -0.3 is 5.32 Å². The molecule has 1 unspecified atom stereocenters. The maximum atomic E-state index is 13.5. The summed E-state index contributed by atoms with van der Waals surface area (Å²) in [6.45, 7) is 2.75. The molecule has 0 saturated heterocycles. The zero-order chi connectivity index (χ0) is 10.8. The van der Waals surface area contributed by atoms with Crippen LogP contribution in [0.1, 0.15) is 31.4 Å². The highest BCUT2D eigenvalue weighted by atomic mass is 19.2. The van der Waals surface area contributed by atoms with E-state index in [-0.39, 0.29) is 6.04 Å². The van der Waals surface area contributed by atoms with Crippen molar-refractivity contribution in [2.45, 2.75) is 25.8 Å². The minimum absolute atomic E-state index is 0.0225. The summed E-state index contributed by atoms with van der Waals surface area (Å²) in [5.74, 6) is -0.979. The van der Waals surface area contributed by atoms with Crippen molar-refractivity contribution in [3.05, 3.63) is 35.4 Å². The predicted molar refractivity (Wildman–Crippen MR) is 55.5 cm³/mol. The lowest BCUT2D eigenvalue weighted by atomic mass is 10.0. The Bertz CT molecular complexity index is 347. The average Bonchev–Trinajstić information content (AvgIpc) is 3.03. The fraction of sp³-hybridized carbons (Fsp3) is 0.500. The van der Waals surface area contributed by atoms with Crippen molar-refractivity contribution >= 4 is 0 Å². The van der Waals surface area contributed by atoms with Gasteiger partial charge in [-0.2, -0.15) is 0 Å². The van der Waals surface area contributed by atoms with E-state index in [4.69, 9.17) is 0 Å². The van der Waals surface area contributed by atoms with Crippen LogP contribution in [0.15, 0.2) is 18.2 Å². The Labute approximate surface area is 88.5 Å². The third-order valence-electron chi connectivity index (χ3n) is 2.83. The van der Waals surface area contributed by atoms with Gasteiger partial charge >= 0.3 is 0 Å². The Morgan fingerprint density at radius 3 is 2.73 bits per heavy atom. The minimum Gasteiger partial charge on any atom is -0.310 e. The molecule has 3 heteroatoms. The molecule has 0 amide bonds. The number of halogens is 2. The molecule has 2 rings (SSSR count). The molecule has 1 N–H and O–H groups in total. The van der Waals surface area contributed by atoms with E-state index in [0.717, 1.165) is 25.5 Å². The third kappa shape index (κ3) is 2.17. The molecule has 1 saturated carbocycles. The summed E-state index contributed by atoms with van der Waals surface area (Å²) in [5, 5.41) is 3.22. The Morgan fingerprint density at radius 1 is 1.40 bits per heavy atom. The van der Waals surface area contributed by atoms with Crippen LogP contribution in [0.3, 0.4) is 0 Å². The highest BCUT2D eigenvalue weighted by molar-refractivity contribution is 5.24. The van der Waals surface area contributed by atoms with Gasteiger partial charge in [0.2, 0.25) is 0 Å². The van der Waals surface area contributed by atoms with Crippen molar-refractivity contribution in [2.75, 3.05) is 6.54 Å². The first-order valence-corrected chi connectivity index (χ1v) is 5.41. The first-order valence-electron chi connectivity index (χ1n) is 5.41. The normalized spacial score (nSPS) is 17.8. The molecular weight excluding hydrogens is 196 g/mol. The molecule has 1 aromatic carbocycles. The van der Waals surface area contributed by atoms with Crippen LogP contribution >= 0.6 is 0 Å². The smallest absolute Gasteiger partial charge is 0.163 e. The Kier molecular flexibility index (Phi) is 3.00. The molecule has 1 aliphatic rings. The lowest BCUT2D eigenvalue weighted by Gasteiger charge is -2.18. The van der Waals surface area contributed by atoms with E-state index in [9.17, 15) is 8.78 Å². The molecule has 15 heavy (non-hydrogen) atoms. The number of hydrogen-bond donors (Lipinski definition) is 1.